The molecule has 0 radical (unpaired) electrons. The molecule has 6 heteroatoms. The topological polar surface area (TPSA) is 81.1 Å². The lowest BCUT2D eigenvalue weighted by molar-refractivity contribution is -0.138. The predicted octanol–water partition coefficient (Wildman–Crippen LogP) is 1.36. The average Bonchev–Trinajstić information content (AvgIpc) is 2.38. The van der Waals surface area contributed by atoms with Crippen LogP contribution in [-0.4, -0.2) is 71.2 Å². The fourth-order valence-electron chi connectivity index (χ4n) is 2.09. The Kier molecular flexibility index (Phi) is 11.0. The quantitative estimate of drug-likeness (QED) is 0.532. The van der Waals surface area contributed by atoms with Crippen molar-refractivity contribution in [3.05, 3.63) is 0 Å². The molecule has 2 N–H and O–H groups in total. The summed E-state index contributed by atoms with van der Waals surface area (Å²) in [6.45, 7) is 8.61. The first-order valence-electron chi connectivity index (χ1n) is 7.37. The van der Waals surface area contributed by atoms with Crippen molar-refractivity contribution < 1.29 is 19.8 Å². The van der Waals surface area contributed by atoms with Gasteiger partial charge in [-0.05, 0) is 25.9 Å². The highest BCUT2D eigenvalue weighted by Crippen LogP contribution is 1.99. The number of hydrogen-bond acceptors (Lipinski definition) is 4. The number of aliphatic carboxylic acids is 2. The average molecular weight is 288 g/mol. The van der Waals surface area contributed by atoms with Gasteiger partial charge < -0.3 is 20.0 Å². The van der Waals surface area contributed by atoms with Crippen molar-refractivity contribution in [1.29, 1.82) is 0 Å². The molecule has 0 fully saturated rings. The van der Waals surface area contributed by atoms with E-state index in [9.17, 15) is 9.59 Å². The highest BCUT2D eigenvalue weighted by atomic mass is 16.4. The number of carboxylic acid groups (broad SMARTS) is 2. The van der Waals surface area contributed by atoms with Crippen LogP contribution in [0.25, 0.3) is 0 Å². The molecule has 0 aromatic carbocycles. The molecule has 0 spiro atoms. The van der Waals surface area contributed by atoms with Gasteiger partial charge in [-0.3, -0.25) is 9.59 Å². The maximum atomic E-state index is 10.6. The summed E-state index contributed by atoms with van der Waals surface area (Å²) < 4.78 is 0. The van der Waals surface area contributed by atoms with Crippen LogP contribution in [0.1, 0.15) is 39.5 Å². The Balaban J connectivity index is 4.15. The van der Waals surface area contributed by atoms with Crippen molar-refractivity contribution in [2.24, 2.45) is 0 Å². The second kappa shape index (κ2) is 11.7. The minimum atomic E-state index is -0.776. The van der Waals surface area contributed by atoms with Crippen LogP contribution < -0.4 is 0 Å². The molecule has 0 bridgehead atoms. The third-order valence-electron chi connectivity index (χ3n) is 3.10. The van der Waals surface area contributed by atoms with E-state index in [1.165, 1.54) is 0 Å². The molecule has 0 heterocycles. The highest BCUT2D eigenvalue weighted by Gasteiger charge is 2.11. The summed E-state index contributed by atoms with van der Waals surface area (Å²) >= 11 is 0. The summed E-state index contributed by atoms with van der Waals surface area (Å²) in [6, 6.07) is 0. The Morgan fingerprint density at radius 2 is 1.05 bits per heavy atom. The first kappa shape index (κ1) is 18.9. The van der Waals surface area contributed by atoms with Gasteiger partial charge in [-0.2, -0.15) is 0 Å². The maximum Gasteiger partial charge on any atom is 0.304 e. The lowest BCUT2D eigenvalue weighted by Gasteiger charge is -2.26. The van der Waals surface area contributed by atoms with Gasteiger partial charge in [0.15, 0.2) is 0 Å². The zero-order chi connectivity index (χ0) is 15.4. The second-order valence-electron chi connectivity index (χ2n) is 4.97. The molecule has 0 amide bonds. The van der Waals surface area contributed by atoms with Gasteiger partial charge in [0.2, 0.25) is 0 Å². The van der Waals surface area contributed by atoms with E-state index in [0.717, 1.165) is 39.0 Å². The Labute approximate surface area is 121 Å². The van der Waals surface area contributed by atoms with Gasteiger partial charge in [0.05, 0.1) is 12.8 Å². The maximum absolute atomic E-state index is 10.6. The number of nitrogens with zero attached hydrogens (tertiary/aromatic N) is 2. The van der Waals surface area contributed by atoms with E-state index in [2.05, 4.69) is 23.6 Å². The Morgan fingerprint density at radius 3 is 1.30 bits per heavy atom. The van der Waals surface area contributed by atoms with Crippen molar-refractivity contribution in [2.45, 2.75) is 39.5 Å². The largest absolute Gasteiger partial charge is 0.481 e. The van der Waals surface area contributed by atoms with Crippen molar-refractivity contribution in [1.82, 2.24) is 9.80 Å². The fraction of sp³-hybridized carbons (Fsp3) is 0.857. The Morgan fingerprint density at radius 1 is 0.700 bits per heavy atom. The molecule has 0 unspecified atom stereocenters. The lowest BCUT2D eigenvalue weighted by atomic mass is 10.3. The predicted molar refractivity (Wildman–Crippen MR) is 78.0 cm³/mol. The lowest BCUT2D eigenvalue weighted by Crippen LogP contribution is -2.38. The van der Waals surface area contributed by atoms with Crippen LogP contribution in [0.3, 0.4) is 0 Å². The molecule has 0 aliphatic rings. The van der Waals surface area contributed by atoms with E-state index in [4.69, 9.17) is 10.2 Å². The molecule has 0 aliphatic heterocycles. The molecule has 0 aliphatic carbocycles. The SMILES string of the molecule is CCCN(CCC(=O)O)CCN(CCC)CCC(=O)O. The highest BCUT2D eigenvalue weighted by molar-refractivity contribution is 5.67. The minimum absolute atomic E-state index is 0.156. The van der Waals surface area contributed by atoms with Gasteiger partial charge in [-0.25, -0.2) is 0 Å². The van der Waals surface area contributed by atoms with Crippen LogP contribution in [0.4, 0.5) is 0 Å². The number of carbonyl (C=O) groups is 2. The van der Waals surface area contributed by atoms with Crippen molar-refractivity contribution in [3.8, 4) is 0 Å². The summed E-state index contributed by atoms with van der Waals surface area (Å²) in [6.07, 6.45) is 2.29. The van der Waals surface area contributed by atoms with Crippen LogP contribution in [0, 0.1) is 0 Å². The van der Waals surface area contributed by atoms with Gasteiger partial charge in [0, 0.05) is 26.2 Å². The third kappa shape index (κ3) is 10.8. The Bertz CT molecular complexity index is 256. The van der Waals surface area contributed by atoms with Crippen LogP contribution in [0.2, 0.25) is 0 Å². The summed E-state index contributed by atoms with van der Waals surface area (Å²) in [5.74, 6) is -1.55. The van der Waals surface area contributed by atoms with Crippen LogP contribution in [0.15, 0.2) is 0 Å². The smallest absolute Gasteiger partial charge is 0.304 e. The Hall–Kier alpha value is -1.14. The zero-order valence-corrected chi connectivity index (χ0v) is 12.7. The summed E-state index contributed by atoms with van der Waals surface area (Å²) in [5.41, 5.74) is 0. The first-order chi connectivity index (χ1) is 9.49. The van der Waals surface area contributed by atoms with Crippen LogP contribution >= 0.6 is 0 Å². The molecule has 118 valence electrons. The zero-order valence-electron chi connectivity index (χ0n) is 12.7. The van der Waals surface area contributed by atoms with Crippen molar-refractivity contribution in [2.75, 3.05) is 39.3 Å². The van der Waals surface area contributed by atoms with E-state index < -0.39 is 11.9 Å². The van der Waals surface area contributed by atoms with Crippen molar-refractivity contribution >= 4 is 11.9 Å². The molecular weight excluding hydrogens is 260 g/mol. The van der Waals surface area contributed by atoms with Crippen molar-refractivity contribution in [3.63, 3.8) is 0 Å². The van der Waals surface area contributed by atoms with Gasteiger partial charge in [-0.1, -0.05) is 13.8 Å². The van der Waals surface area contributed by atoms with E-state index in [1.54, 1.807) is 0 Å². The van der Waals surface area contributed by atoms with Gasteiger partial charge in [0.25, 0.3) is 0 Å². The summed E-state index contributed by atoms with van der Waals surface area (Å²) in [7, 11) is 0. The number of rotatable bonds is 13. The second-order valence-corrected chi connectivity index (χ2v) is 4.97. The third-order valence-corrected chi connectivity index (χ3v) is 3.10. The standard InChI is InChI=1S/C14H28N2O4/c1-3-7-15(9-5-13(17)18)11-12-16(8-4-2)10-6-14(19)20/h3-12H2,1-2H3,(H,17,18)(H,19,20). The molecule has 0 aromatic rings. The van der Waals surface area contributed by atoms with E-state index in [0.29, 0.717) is 13.1 Å². The molecule has 0 saturated heterocycles. The van der Waals surface area contributed by atoms with Crippen LogP contribution in [-0.2, 0) is 9.59 Å². The molecule has 6 nitrogen and oxygen atoms in total. The fourth-order valence-corrected chi connectivity index (χ4v) is 2.09. The monoisotopic (exact) mass is 288 g/mol. The van der Waals surface area contributed by atoms with E-state index >= 15 is 0 Å². The van der Waals surface area contributed by atoms with E-state index in [1.807, 2.05) is 0 Å². The molecule has 0 saturated carbocycles. The molecule has 0 atom stereocenters. The first-order valence-corrected chi connectivity index (χ1v) is 7.37. The van der Waals surface area contributed by atoms with E-state index in [-0.39, 0.29) is 12.8 Å². The molecule has 0 rings (SSSR count). The van der Waals surface area contributed by atoms with Gasteiger partial charge >= 0.3 is 11.9 Å². The van der Waals surface area contributed by atoms with Crippen LogP contribution in [0.5, 0.6) is 0 Å². The van der Waals surface area contributed by atoms with Gasteiger partial charge in [0.1, 0.15) is 0 Å². The molecule has 20 heavy (non-hydrogen) atoms. The molecular formula is C14H28N2O4. The summed E-state index contributed by atoms with van der Waals surface area (Å²) in [4.78, 5) is 25.5. The number of carboxylic acids is 2. The minimum Gasteiger partial charge on any atom is -0.481 e. The molecule has 0 aromatic heterocycles. The van der Waals surface area contributed by atoms with Gasteiger partial charge in [-0.15, -0.1) is 0 Å². The summed E-state index contributed by atoms with van der Waals surface area (Å²) in [5, 5.41) is 17.5. The normalized spacial score (nSPS) is 11.2. The number of hydrogen-bond donors (Lipinski definition) is 2.